The lowest BCUT2D eigenvalue weighted by atomic mass is 9.78. The summed E-state index contributed by atoms with van der Waals surface area (Å²) in [6.45, 7) is 2.88. The Hall–Kier alpha value is -1.24. The minimum atomic E-state index is 0.360. The molecule has 6 heteroatoms. The molecular weight excluding hydrogens is 356 g/mol. The Balaban J connectivity index is 1.44. The Morgan fingerprint density at radius 3 is 3.04 bits per heavy atom. The van der Waals surface area contributed by atoms with E-state index in [0.29, 0.717) is 23.7 Å². The van der Waals surface area contributed by atoms with Crippen molar-refractivity contribution in [2.24, 2.45) is 17.6 Å². The summed E-state index contributed by atoms with van der Waals surface area (Å²) in [7, 11) is 0. The minimum absolute atomic E-state index is 0.360. The van der Waals surface area contributed by atoms with E-state index in [1.807, 2.05) is 24.3 Å². The Morgan fingerprint density at radius 2 is 2.22 bits per heavy atom. The van der Waals surface area contributed by atoms with Crippen molar-refractivity contribution < 1.29 is 4.52 Å². The maximum absolute atomic E-state index is 6.29. The molecule has 0 spiro atoms. The van der Waals surface area contributed by atoms with Crippen LogP contribution in [0.4, 0.5) is 0 Å². The highest BCUT2D eigenvalue weighted by molar-refractivity contribution is 9.10. The van der Waals surface area contributed by atoms with E-state index in [4.69, 9.17) is 10.3 Å². The third-order valence-electron chi connectivity index (χ3n) is 5.14. The highest BCUT2D eigenvalue weighted by Gasteiger charge is 2.38. The molecule has 0 radical (unpaired) electrons. The summed E-state index contributed by atoms with van der Waals surface area (Å²) in [5.41, 5.74) is 7.25. The maximum atomic E-state index is 6.29. The van der Waals surface area contributed by atoms with Crippen LogP contribution in [0, 0.1) is 11.8 Å². The molecule has 2 aromatic rings. The fourth-order valence-corrected chi connectivity index (χ4v) is 4.39. The SMILES string of the molecule is NC1CCCC2CN(Cc3nc(-c4cccc(Br)c4)no3)CC12. The summed E-state index contributed by atoms with van der Waals surface area (Å²) >= 11 is 3.47. The monoisotopic (exact) mass is 376 g/mol. The quantitative estimate of drug-likeness (QED) is 0.891. The molecule has 122 valence electrons. The van der Waals surface area contributed by atoms with Crippen LogP contribution in [0.1, 0.15) is 25.2 Å². The summed E-state index contributed by atoms with van der Waals surface area (Å²) in [6, 6.07) is 8.31. The minimum Gasteiger partial charge on any atom is -0.338 e. The van der Waals surface area contributed by atoms with Gasteiger partial charge < -0.3 is 10.3 Å². The zero-order valence-corrected chi connectivity index (χ0v) is 14.6. The first kappa shape index (κ1) is 15.3. The van der Waals surface area contributed by atoms with Gasteiger partial charge in [0.05, 0.1) is 6.54 Å². The highest BCUT2D eigenvalue weighted by Crippen LogP contribution is 2.36. The lowest BCUT2D eigenvalue weighted by molar-refractivity contribution is 0.252. The van der Waals surface area contributed by atoms with E-state index >= 15 is 0 Å². The van der Waals surface area contributed by atoms with Crippen molar-refractivity contribution in [3.05, 3.63) is 34.6 Å². The van der Waals surface area contributed by atoms with Crippen LogP contribution in [0.15, 0.2) is 33.3 Å². The lowest BCUT2D eigenvalue weighted by Gasteiger charge is -2.29. The number of hydrogen-bond acceptors (Lipinski definition) is 5. The Bertz CT molecular complexity index is 689. The van der Waals surface area contributed by atoms with Gasteiger partial charge in [-0.25, -0.2) is 0 Å². The zero-order valence-electron chi connectivity index (χ0n) is 13.0. The van der Waals surface area contributed by atoms with Crippen LogP contribution in [0.25, 0.3) is 11.4 Å². The molecule has 0 amide bonds. The Kier molecular flexibility index (Phi) is 4.22. The van der Waals surface area contributed by atoms with Gasteiger partial charge in [0.2, 0.25) is 11.7 Å². The highest BCUT2D eigenvalue weighted by atomic mass is 79.9. The predicted molar refractivity (Wildman–Crippen MR) is 91.5 cm³/mol. The van der Waals surface area contributed by atoms with Gasteiger partial charge in [0.25, 0.3) is 0 Å². The van der Waals surface area contributed by atoms with Crippen LogP contribution in [-0.4, -0.2) is 34.2 Å². The topological polar surface area (TPSA) is 68.2 Å². The molecule has 5 nitrogen and oxygen atoms in total. The zero-order chi connectivity index (χ0) is 15.8. The average molecular weight is 377 g/mol. The molecule has 0 bridgehead atoms. The maximum Gasteiger partial charge on any atom is 0.241 e. The van der Waals surface area contributed by atoms with Gasteiger partial charge in [0.15, 0.2) is 0 Å². The molecule has 3 atom stereocenters. The van der Waals surface area contributed by atoms with Crippen molar-refractivity contribution in [2.75, 3.05) is 13.1 Å². The number of aromatic nitrogens is 2. The van der Waals surface area contributed by atoms with Crippen LogP contribution >= 0.6 is 15.9 Å². The average Bonchev–Trinajstić information content (AvgIpc) is 3.15. The van der Waals surface area contributed by atoms with Gasteiger partial charge in [-0.2, -0.15) is 4.98 Å². The van der Waals surface area contributed by atoms with Gasteiger partial charge in [-0.1, -0.05) is 39.6 Å². The van der Waals surface area contributed by atoms with Crippen molar-refractivity contribution in [2.45, 2.75) is 31.8 Å². The van der Waals surface area contributed by atoms with E-state index in [9.17, 15) is 0 Å². The van der Waals surface area contributed by atoms with Crippen molar-refractivity contribution in [1.82, 2.24) is 15.0 Å². The third kappa shape index (κ3) is 3.20. The molecule has 2 heterocycles. The van der Waals surface area contributed by atoms with Crippen molar-refractivity contribution in [1.29, 1.82) is 0 Å². The number of likely N-dealkylation sites (tertiary alicyclic amines) is 1. The normalized spacial score (nSPS) is 28.0. The molecule has 1 aliphatic carbocycles. The van der Waals surface area contributed by atoms with E-state index < -0.39 is 0 Å². The second-order valence-corrected chi connectivity index (χ2v) is 7.65. The molecule has 1 saturated heterocycles. The third-order valence-corrected chi connectivity index (χ3v) is 5.63. The molecule has 1 aliphatic heterocycles. The smallest absolute Gasteiger partial charge is 0.241 e. The summed E-state index contributed by atoms with van der Waals surface area (Å²) in [4.78, 5) is 6.97. The largest absolute Gasteiger partial charge is 0.338 e. The standard InChI is InChI=1S/C17H21BrN4O/c18-13-5-1-3-11(7-13)17-20-16(23-21-17)10-22-8-12-4-2-6-15(19)14(12)9-22/h1,3,5,7,12,14-15H,2,4,6,8-10,19H2. The van der Waals surface area contributed by atoms with E-state index in [0.717, 1.165) is 35.6 Å². The fraction of sp³-hybridized carbons (Fsp3) is 0.529. The molecular formula is C17H21BrN4O. The number of benzene rings is 1. The summed E-state index contributed by atoms with van der Waals surface area (Å²) in [5, 5.41) is 4.12. The van der Waals surface area contributed by atoms with Gasteiger partial charge in [0.1, 0.15) is 0 Å². The summed E-state index contributed by atoms with van der Waals surface area (Å²) in [6.07, 6.45) is 3.74. The van der Waals surface area contributed by atoms with E-state index in [2.05, 4.69) is 31.0 Å². The van der Waals surface area contributed by atoms with Crippen LogP contribution in [0.3, 0.4) is 0 Å². The molecule has 2 fully saturated rings. The first-order valence-electron chi connectivity index (χ1n) is 8.25. The summed E-state index contributed by atoms with van der Waals surface area (Å²) < 4.78 is 6.46. The van der Waals surface area contributed by atoms with E-state index in [1.165, 1.54) is 19.3 Å². The lowest BCUT2D eigenvalue weighted by Crippen LogP contribution is -2.38. The predicted octanol–water partition coefficient (Wildman–Crippen LogP) is 3.06. The van der Waals surface area contributed by atoms with Gasteiger partial charge in [-0.3, -0.25) is 4.90 Å². The van der Waals surface area contributed by atoms with Gasteiger partial charge >= 0.3 is 0 Å². The number of hydrogen-bond donors (Lipinski definition) is 1. The number of fused-ring (bicyclic) bond motifs is 1. The number of rotatable bonds is 3. The number of nitrogens with zero attached hydrogens (tertiary/aromatic N) is 3. The Morgan fingerprint density at radius 1 is 1.30 bits per heavy atom. The molecule has 3 unspecified atom stereocenters. The molecule has 1 aromatic carbocycles. The van der Waals surface area contributed by atoms with Crippen LogP contribution in [-0.2, 0) is 6.54 Å². The van der Waals surface area contributed by atoms with Crippen LogP contribution < -0.4 is 5.73 Å². The second kappa shape index (κ2) is 6.34. The van der Waals surface area contributed by atoms with Gasteiger partial charge in [0, 0.05) is 29.2 Å². The van der Waals surface area contributed by atoms with Gasteiger partial charge in [-0.05, 0) is 36.8 Å². The van der Waals surface area contributed by atoms with Crippen molar-refractivity contribution >= 4 is 15.9 Å². The molecule has 1 saturated carbocycles. The van der Waals surface area contributed by atoms with Crippen LogP contribution in [0.5, 0.6) is 0 Å². The second-order valence-electron chi connectivity index (χ2n) is 6.73. The van der Waals surface area contributed by atoms with E-state index in [-0.39, 0.29) is 0 Å². The fourth-order valence-electron chi connectivity index (χ4n) is 3.99. The Labute approximate surface area is 144 Å². The first-order chi connectivity index (χ1) is 11.2. The van der Waals surface area contributed by atoms with Gasteiger partial charge in [-0.15, -0.1) is 0 Å². The number of halogens is 1. The van der Waals surface area contributed by atoms with E-state index in [1.54, 1.807) is 0 Å². The first-order valence-corrected chi connectivity index (χ1v) is 9.05. The summed E-state index contributed by atoms with van der Waals surface area (Å²) in [5.74, 6) is 2.71. The van der Waals surface area contributed by atoms with Crippen molar-refractivity contribution in [3.8, 4) is 11.4 Å². The molecule has 2 N–H and O–H groups in total. The molecule has 4 rings (SSSR count). The number of nitrogens with two attached hydrogens (primary N) is 1. The molecule has 23 heavy (non-hydrogen) atoms. The molecule has 1 aromatic heterocycles. The molecule has 2 aliphatic rings. The van der Waals surface area contributed by atoms with Crippen molar-refractivity contribution in [3.63, 3.8) is 0 Å². The van der Waals surface area contributed by atoms with Crippen LogP contribution in [0.2, 0.25) is 0 Å².